The molecule has 1 fully saturated rings. The smallest absolute Gasteiger partial charge is 0.270 e. The van der Waals surface area contributed by atoms with Crippen LogP contribution in [0.25, 0.3) is 21.1 Å². The number of carbonyl (C=O) groups is 1. The van der Waals surface area contributed by atoms with E-state index in [2.05, 4.69) is 26.9 Å². The molecule has 0 saturated carbocycles. The first kappa shape index (κ1) is 13.8. The topological polar surface area (TPSA) is 53.9 Å². The van der Waals surface area contributed by atoms with Crippen LogP contribution in [0.5, 0.6) is 0 Å². The minimum absolute atomic E-state index is 0.0809. The number of carbonyl (C=O) groups excluding carboxylic acids is 1. The van der Waals surface area contributed by atoms with E-state index in [0.29, 0.717) is 12.2 Å². The molecule has 1 N–H and O–H groups in total. The van der Waals surface area contributed by atoms with Crippen molar-refractivity contribution in [2.24, 2.45) is 0 Å². The van der Waals surface area contributed by atoms with E-state index in [1.165, 1.54) is 0 Å². The Kier molecular flexibility index (Phi) is 2.99. The maximum Gasteiger partial charge on any atom is 0.270 e. The quantitative estimate of drug-likeness (QED) is 0.607. The molecule has 0 aliphatic carbocycles. The molecule has 0 spiro atoms. The summed E-state index contributed by atoms with van der Waals surface area (Å²) in [6, 6.07) is 12.4. The number of hydrogen-bond acceptors (Lipinski definition) is 3. The molecule has 0 bridgehead atoms. The van der Waals surface area contributed by atoms with Crippen LogP contribution in [-0.2, 0) is 0 Å². The molecule has 3 aromatic heterocycles. The number of H-pyrrole nitrogens is 1. The standard InChI is InChI=1S/C18H16N4OS/c23-18(15-9-17-14(20-15)6-8-24-17)21-7-5-13(11-21)22-16-4-2-1-3-12(16)10-19-22/h1-4,6,8-10,13,20H,5,7,11H2/t13-/m0/s1. The van der Waals surface area contributed by atoms with Gasteiger partial charge in [-0.05, 0) is 30.0 Å². The summed E-state index contributed by atoms with van der Waals surface area (Å²) in [5, 5.41) is 7.72. The maximum atomic E-state index is 12.8. The Morgan fingerprint density at radius 2 is 2.21 bits per heavy atom. The number of nitrogens with one attached hydrogen (secondary N) is 1. The van der Waals surface area contributed by atoms with E-state index in [-0.39, 0.29) is 11.9 Å². The van der Waals surface area contributed by atoms with Gasteiger partial charge >= 0.3 is 0 Å². The van der Waals surface area contributed by atoms with Crippen LogP contribution in [-0.4, -0.2) is 38.7 Å². The molecule has 1 saturated heterocycles. The summed E-state index contributed by atoms with van der Waals surface area (Å²) in [5.74, 6) is 0.0809. The number of nitrogens with zero attached hydrogens (tertiary/aromatic N) is 3. The van der Waals surface area contributed by atoms with Gasteiger partial charge < -0.3 is 9.88 Å². The highest BCUT2D eigenvalue weighted by Gasteiger charge is 2.30. The third-order valence-electron chi connectivity index (χ3n) is 4.77. The highest BCUT2D eigenvalue weighted by atomic mass is 32.1. The maximum absolute atomic E-state index is 12.8. The van der Waals surface area contributed by atoms with E-state index < -0.39 is 0 Å². The van der Waals surface area contributed by atoms with Gasteiger partial charge in [-0.15, -0.1) is 11.3 Å². The Morgan fingerprint density at radius 1 is 1.29 bits per heavy atom. The summed E-state index contributed by atoms with van der Waals surface area (Å²) < 4.78 is 3.20. The Labute approximate surface area is 142 Å². The molecule has 1 aromatic carbocycles. The normalized spacial score (nSPS) is 18.0. The summed E-state index contributed by atoms with van der Waals surface area (Å²) in [4.78, 5) is 17.9. The summed E-state index contributed by atoms with van der Waals surface area (Å²) >= 11 is 1.65. The third kappa shape index (κ3) is 2.06. The van der Waals surface area contributed by atoms with Crippen molar-refractivity contribution >= 4 is 38.4 Å². The number of amides is 1. The lowest BCUT2D eigenvalue weighted by molar-refractivity contribution is 0.0782. The van der Waals surface area contributed by atoms with Crippen molar-refractivity contribution in [1.29, 1.82) is 0 Å². The SMILES string of the molecule is O=C(c1cc2sccc2[nH]1)N1CC[C@H](n2ncc3ccccc32)C1. The van der Waals surface area contributed by atoms with Crippen molar-refractivity contribution in [3.05, 3.63) is 53.7 Å². The van der Waals surface area contributed by atoms with Gasteiger partial charge in [-0.1, -0.05) is 18.2 Å². The van der Waals surface area contributed by atoms with Gasteiger partial charge in [0.1, 0.15) is 5.69 Å². The zero-order chi connectivity index (χ0) is 16.1. The Hall–Kier alpha value is -2.60. The fraction of sp³-hybridized carbons (Fsp3) is 0.222. The third-order valence-corrected chi connectivity index (χ3v) is 5.64. The van der Waals surface area contributed by atoms with Gasteiger partial charge in [0, 0.05) is 18.5 Å². The second-order valence-corrected chi connectivity index (χ2v) is 7.17. The predicted molar refractivity (Wildman–Crippen MR) is 95.5 cm³/mol. The Balaban J connectivity index is 1.40. The van der Waals surface area contributed by atoms with Crippen LogP contribution in [0.1, 0.15) is 23.0 Å². The fourth-order valence-corrected chi connectivity index (χ4v) is 4.33. The van der Waals surface area contributed by atoms with E-state index in [9.17, 15) is 4.79 Å². The average molecular weight is 336 g/mol. The van der Waals surface area contributed by atoms with Crippen molar-refractivity contribution in [2.75, 3.05) is 13.1 Å². The molecule has 120 valence electrons. The Morgan fingerprint density at radius 3 is 3.12 bits per heavy atom. The number of likely N-dealkylation sites (tertiary alicyclic amines) is 1. The van der Waals surface area contributed by atoms with Crippen LogP contribution in [0.3, 0.4) is 0 Å². The first-order valence-electron chi connectivity index (χ1n) is 8.07. The monoisotopic (exact) mass is 336 g/mol. The summed E-state index contributed by atoms with van der Waals surface area (Å²) in [7, 11) is 0. The van der Waals surface area contributed by atoms with Crippen molar-refractivity contribution in [3.8, 4) is 0 Å². The minimum Gasteiger partial charge on any atom is -0.350 e. The molecule has 1 atom stereocenters. The number of aromatic nitrogens is 3. The number of para-hydroxylation sites is 1. The predicted octanol–water partition coefficient (Wildman–Crippen LogP) is 3.67. The molecule has 0 unspecified atom stereocenters. The Bertz CT molecular complexity index is 1020. The molecule has 0 radical (unpaired) electrons. The van der Waals surface area contributed by atoms with Crippen molar-refractivity contribution in [3.63, 3.8) is 0 Å². The van der Waals surface area contributed by atoms with Crippen molar-refractivity contribution in [1.82, 2.24) is 19.7 Å². The number of hydrogen-bond donors (Lipinski definition) is 1. The van der Waals surface area contributed by atoms with Crippen LogP contribution in [0, 0.1) is 0 Å². The van der Waals surface area contributed by atoms with Gasteiger partial charge in [0.2, 0.25) is 0 Å². The minimum atomic E-state index is 0.0809. The molecule has 6 heteroatoms. The molecular weight excluding hydrogens is 320 g/mol. The van der Waals surface area contributed by atoms with Gasteiger partial charge in [0.25, 0.3) is 5.91 Å². The van der Waals surface area contributed by atoms with E-state index >= 15 is 0 Å². The first-order chi connectivity index (χ1) is 11.8. The van der Waals surface area contributed by atoms with Crippen molar-refractivity contribution in [2.45, 2.75) is 12.5 Å². The lowest BCUT2D eigenvalue weighted by atomic mass is 10.2. The number of rotatable bonds is 2. The number of aromatic amines is 1. The fourth-order valence-electron chi connectivity index (χ4n) is 3.54. The summed E-state index contributed by atoms with van der Waals surface area (Å²) in [6.07, 6.45) is 2.84. The molecule has 1 aliphatic heterocycles. The van der Waals surface area contributed by atoms with E-state index in [1.54, 1.807) is 11.3 Å². The van der Waals surface area contributed by atoms with E-state index in [1.807, 2.05) is 40.7 Å². The van der Waals surface area contributed by atoms with Crippen LogP contribution >= 0.6 is 11.3 Å². The number of benzene rings is 1. The van der Waals surface area contributed by atoms with Gasteiger partial charge in [0.15, 0.2) is 0 Å². The first-order valence-corrected chi connectivity index (χ1v) is 8.95. The van der Waals surface area contributed by atoms with Gasteiger partial charge in [-0.25, -0.2) is 0 Å². The molecular formula is C18H16N4OS. The lowest BCUT2D eigenvalue weighted by Gasteiger charge is -2.16. The zero-order valence-corrected chi connectivity index (χ0v) is 13.8. The molecule has 1 aliphatic rings. The summed E-state index contributed by atoms with van der Waals surface area (Å²) in [6.45, 7) is 1.47. The van der Waals surface area contributed by atoms with Gasteiger partial charge in [-0.3, -0.25) is 9.48 Å². The number of fused-ring (bicyclic) bond motifs is 2. The second kappa shape index (κ2) is 5.21. The molecule has 5 nitrogen and oxygen atoms in total. The van der Waals surface area contributed by atoms with Crippen LogP contribution in [0.4, 0.5) is 0 Å². The van der Waals surface area contributed by atoms with Gasteiger partial charge in [0.05, 0.1) is 28.0 Å². The van der Waals surface area contributed by atoms with Crippen LogP contribution in [0.2, 0.25) is 0 Å². The second-order valence-electron chi connectivity index (χ2n) is 6.22. The highest BCUT2D eigenvalue weighted by molar-refractivity contribution is 7.17. The molecule has 5 rings (SSSR count). The largest absolute Gasteiger partial charge is 0.350 e. The lowest BCUT2D eigenvalue weighted by Crippen LogP contribution is -2.29. The summed E-state index contributed by atoms with van der Waals surface area (Å²) in [5.41, 5.74) is 2.86. The number of thiophene rings is 1. The molecule has 4 aromatic rings. The van der Waals surface area contributed by atoms with Gasteiger partial charge in [-0.2, -0.15) is 5.10 Å². The zero-order valence-electron chi connectivity index (χ0n) is 13.0. The highest BCUT2D eigenvalue weighted by Crippen LogP contribution is 2.28. The van der Waals surface area contributed by atoms with Crippen LogP contribution < -0.4 is 0 Å². The van der Waals surface area contributed by atoms with E-state index in [0.717, 1.165) is 34.1 Å². The molecule has 24 heavy (non-hydrogen) atoms. The van der Waals surface area contributed by atoms with Crippen LogP contribution in [0.15, 0.2) is 48.0 Å². The molecule has 1 amide bonds. The average Bonchev–Trinajstić information content (AvgIpc) is 3.34. The molecule has 4 heterocycles. The van der Waals surface area contributed by atoms with E-state index in [4.69, 9.17) is 0 Å². The van der Waals surface area contributed by atoms with Crippen molar-refractivity contribution < 1.29 is 4.79 Å².